The van der Waals surface area contributed by atoms with Crippen molar-refractivity contribution in [2.75, 3.05) is 19.0 Å². The quantitative estimate of drug-likeness (QED) is 0.728. The third kappa shape index (κ3) is 3.81. The Hall–Kier alpha value is -1.09. The Balaban J connectivity index is 2.59. The first-order chi connectivity index (χ1) is 7.67. The van der Waals surface area contributed by atoms with Crippen molar-refractivity contribution in [2.45, 2.75) is 13.3 Å². The zero-order chi connectivity index (χ0) is 12.0. The van der Waals surface area contributed by atoms with E-state index in [0.717, 1.165) is 5.56 Å². The Morgan fingerprint density at radius 3 is 2.50 bits per heavy atom. The van der Waals surface area contributed by atoms with Gasteiger partial charge in [-0.25, -0.2) is 4.39 Å². The molecule has 1 rings (SSSR count). The van der Waals surface area contributed by atoms with Crippen LogP contribution in [0.4, 0.5) is 4.39 Å². The van der Waals surface area contributed by atoms with Crippen LogP contribution in [0.5, 0.6) is 0 Å². The summed E-state index contributed by atoms with van der Waals surface area (Å²) in [6.45, 7) is 3.11. The lowest BCUT2D eigenvalue weighted by molar-refractivity contribution is -0.130. The topological polar surface area (TPSA) is 20.3 Å². The lowest BCUT2D eigenvalue weighted by Crippen LogP contribution is -2.33. The summed E-state index contributed by atoms with van der Waals surface area (Å²) < 4.78 is 12.7. The van der Waals surface area contributed by atoms with Gasteiger partial charge in [-0.15, -0.1) is 11.6 Å². The molecular formula is C12H15ClFNO. The van der Waals surface area contributed by atoms with Gasteiger partial charge in [0.15, 0.2) is 0 Å². The highest BCUT2D eigenvalue weighted by Gasteiger charge is 2.11. The first-order valence-corrected chi connectivity index (χ1v) is 5.79. The van der Waals surface area contributed by atoms with Crippen molar-refractivity contribution in [3.8, 4) is 0 Å². The van der Waals surface area contributed by atoms with Crippen molar-refractivity contribution in [3.05, 3.63) is 35.6 Å². The van der Waals surface area contributed by atoms with Crippen molar-refractivity contribution in [2.24, 2.45) is 0 Å². The molecule has 4 heteroatoms. The molecule has 0 aromatic heterocycles. The highest BCUT2D eigenvalue weighted by Crippen LogP contribution is 2.05. The van der Waals surface area contributed by atoms with Crippen LogP contribution in [-0.4, -0.2) is 29.8 Å². The summed E-state index contributed by atoms with van der Waals surface area (Å²) in [4.78, 5) is 13.5. The normalized spacial score (nSPS) is 10.2. The molecule has 2 nitrogen and oxygen atoms in total. The predicted molar refractivity (Wildman–Crippen MR) is 63.1 cm³/mol. The third-order valence-electron chi connectivity index (χ3n) is 2.36. The Morgan fingerprint density at radius 2 is 2.00 bits per heavy atom. The minimum Gasteiger partial charge on any atom is -0.341 e. The number of amides is 1. The molecule has 1 amide bonds. The Morgan fingerprint density at radius 1 is 1.38 bits per heavy atom. The molecule has 0 saturated carbocycles. The van der Waals surface area contributed by atoms with Gasteiger partial charge in [0.1, 0.15) is 5.82 Å². The summed E-state index contributed by atoms with van der Waals surface area (Å²) in [6, 6.07) is 5.98. The minimum atomic E-state index is -0.288. The number of halogens is 2. The van der Waals surface area contributed by atoms with Gasteiger partial charge in [-0.3, -0.25) is 4.79 Å². The van der Waals surface area contributed by atoms with Crippen molar-refractivity contribution >= 4 is 17.5 Å². The van der Waals surface area contributed by atoms with Gasteiger partial charge < -0.3 is 4.90 Å². The van der Waals surface area contributed by atoms with Gasteiger partial charge in [0.2, 0.25) is 5.91 Å². The molecule has 0 aliphatic rings. The summed E-state index contributed by atoms with van der Waals surface area (Å²) >= 11 is 5.60. The van der Waals surface area contributed by atoms with E-state index >= 15 is 0 Å². The number of hydrogen-bond donors (Lipinski definition) is 0. The van der Waals surface area contributed by atoms with Gasteiger partial charge in [-0.1, -0.05) is 12.1 Å². The molecular weight excluding hydrogens is 229 g/mol. The summed E-state index contributed by atoms with van der Waals surface area (Å²) in [5.74, 6) is 0.169. The summed E-state index contributed by atoms with van der Waals surface area (Å²) in [6.07, 6.45) is 0.297. The van der Waals surface area contributed by atoms with Crippen LogP contribution < -0.4 is 0 Å². The van der Waals surface area contributed by atoms with E-state index in [1.54, 1.807) is 17.0 Å². The van der Waals surface area contributed by atoms with E-state index in [1.807, 2.05) is 6.92 Å². The molecule has 88 valence electrons. The second-order valence-electron chi connectivity index (χ2n) is 3.47. The molecule has 1 aromatic carbocycles. The van der Waals surface area contributed by atoms with Gasteiger partial charge >= 0.3 is 0 Å². The lowest BCUT2D eigenvalue weighted by Gasteiger charge is -2.19. The van der Waals surface area contributed by atoms with Crippen molar-refractivity contribution in [1.29, 1.82) is 0 Å². The first kappa shape index (κ1) is 13.0. The number of nitrogens with zero attached hydrogens (tertiary/aromatic N) is 1. The maximum absolute atomic E-state index is 12.7. The maximum atomic E-state index is 12.7. The second-order valence-corrected chi connectivity index (χ2v) is 3.84. The van der Waals surface area contributed by atoms with Crippen LogP contribution in [0.1, 0.15) is 12.5 Å². The lowest BCUT2D eigenvalue weighted by atomic mass is 10.1. The highest BCUT2D eigenvalue weighted by atomic mass is 35.5. The fraction of sp³-hybridized carbons (Fsp3) is 0.417. The average Bonchev–Trinajstić information content (AvgIpc) is 2.29. The first-order valence-electron chi connectivity index (χ1n) is 5.25. The monoisotopic (exact) mass is 243 g/mol. The van der Waals surface area contributed by atoms with Crippen LogP contribution in [0.25, 0.3) is 0 Å². The highest BCUT2D eigenvalue weighted by molar-refractivity contribution is 6.18. The SMILES string of the molecule is CCN(CCCl)C(=O)Cc1ccc(F)cc1. The Kier molecular flexibility index (Phi) is 5.26. The number of carbonyl (C=O) groups excluding carboxylic acids is 1. The molecule has 0 fully saturated rings. The van der Waals surface area contributed by atoms with Gasteiger partial charge in [0, 0.05) is 19.0 Å². The molecule has 0 spiro atoms. The van der Waals surface area contributed by atoms with E-state index in [9.17, 15) is 9.18 Å². The second kappa shape index (κ2) is 6.48. The number of hydrogen-bond acceptors (Lipinski definition) is 1. The zero-order valence-electron chi connectivity index (χ0n) is 9.25. The fourth-order valence-corrected chi connectivity index (χ4v) is 1.65. The van der Waals surface area contributed by atoms with Crippen molar-refractivity contribution in [1.82, 2.24) is 4.90 Å². The Labute approximate surface area is 100 Å². The van der Waals surface area contributed by atoms with E-state index in [4.69, 9.17) is 11.6 Å². The van der Waals surface area contributed by atoms with Crippen LogP contribution >= 0.6 is 11.6 Å². The van der Waals surface area contributed by atoms with Crippen LogP contribution in [0.15, 0.2) is 24.3 Å². The maximum Gasteiger partial charge on any atom is 0.227 e. The van der Waals surface area contributed by atoms with Gasteiger partial charge in [-0.2, -0.15) is 0 Å². The number of carbonyl (C=O) groups is 1. The summed E-state index contributed by atoms with van der Waals surface area (Å²) in [7, 11) is 0. The number of benzene rings is 1. The van der Waals surface area contributed by atoms with E-state index in [2.05, 4.69) is 0 Å². The van der Waals surface area contributed by atoms with Gasteiger partial charge in [-0.05, 0) is 24.6 Å². The third-order valence-corrected chi connectivity index (χ3v) is 2.53. The van der Waals surface area contributed by atoms with Crippen LogP contribution in [-0.2, 0) is 11.2 Å². The molecule has 1 aromatic rings. The van der Waals surface area contributed by atoms with Crippen LogP contribution in [0.2, 0.25) is 0 Å². The summed E-state index contributed by atoms with van der Waals surface area (Å²) in [5, 5.41) is 0. The smallest absolute Gasteiger partial charge is 0.227 e. The van der Waals surface area contributed by atoms with E-state index in [0.29, 0.717) is 25.4 Å². The predicted octanol–water partition coefficient (Wildman–Crippen LogP) is 2.46. The number of likely N-dealkylation sites (N-methyl/N-ethyl adjacent to an activating group) is 1. The van der Waals surface area contributed by atoms with Crippen molar-refractivity contribution in [3.63, 3.8) is 0 Å². The molecule has 0 bridgehead atoms. The molecule has 0 aliphatic heterocycles. The molecule has 0 heterocycles. The molecule has 0 radical (unpaired) electrons. The standard InChI is InChI=1S/C12H15ClFNO/c1-2-15(8-7-13)12(16)9-10-3-5-11(14)6-4-10/h3-6H,2,7-9H2,1H3. The zero-order valence-corrected chi connectivity index (χ0v) is 10.0. The minimum absolute atomic E-state index is 0.0229. The fourth-order valence-electron chi connectivity index (χ4n) is 1.45. The molecule has 0 unspecified atom stereocenters. The molecule has 0 N–H and O–H groups in total. The Bertz CT molecular complexity index is 339. The largest absolute Gasteiger partial charge is 0.341 e. The van der Waals surface area contributed by atoms with Crippen LogP contribution in [0.3, 0.4) is 0 Å². The van der Waals surface area contributed by atoms with Crippen molar-refractivity contribution < 1.29 is 9.18 Å². The molecule has 0 saturated heterocycles. The molecule has 0 atom stereocenters. The number of rotatable bonds is 5. The molecule has 0 aliphatic carbocycles. The average molecular weight is 244 g/mol. The van der Waals surface area contributed by atoms with E-state index < -0.39 is 0 Å². The molecule has 16 heavy (non-hydrogen) atoms. The summed E-state index contributed by atoms with van der Waals surface area (Å²) in [5.41, 5.74) is 0.819. The van der Waals surface area contributed by atoms with Gasteiger partial charge in [0.25, 0.3) is 0 Å². The van der Waals surface area contributed by atoms with E-state index in [-0.39, 0.29) is 11.7 Å². The number of alkyl halides is 1. The van der Waals surface area contributed by atoms with E-state index in [1.165, 1.54) is 12.1 Å². The van der Waals surface area contributed by atoms with Gasteiger partial charge in [0.05, 0.1) is 6.42 Å². The van der Waals surface area contributed by atoms with Crippen LogP contribution in [0, 0.1) is 5.82 Å².